The van der Waals surface area contributed by atoms with Crippen molar-refractivity contribution in [1.29, 1.82) is 0 Å². The second-order valence-corrected chi connectivity index (χ2v) is 8.22. The van der Waals surface area contributed by atoms with Gasteiger partial charge in [-0.25, -0.2) is 9.67 Å². The molecule has 2 N–H and O–H groups in total. The van der Waals surface area contributed by atoms with Crippen molar-refractivity contribution in [2.45, 2.75) is 63.5 Å². The minimum Gasteiger partial charge on any atom is -0.349 e. The zero-order valence-electron chi connectivity index (χ0n) is 16.4. The zero-order chi connectivity index (χ0) is 19.8. The molecule has 29 heavy (non-hydrogen) atoms. The van der Waals surface area contributed by atoms with Crippen LogP contribution in [0.25, 0.3) is 11.0 Å². The molecular formula is C22H25N5O2. The lowest BCUT2D eigenvalue weighted by molar-refractivity contribution is 0.0921. The first-order valence-electron chi connectivity index (χ1n) is 10.5. The summed E-state index contributed by atoms with van der Waals surface area (Å²) in [6.07, 6.45) is 9.30. The number of benzene rings is 1. The van der Waals surface area contributed by atoms with E-state index in [4.69, 9.17) is 5.10 Å². The molecule has 2 aliphatic carbocycles. The summed E-state index contributed by atoms with van der Waals surface area (Å²) >= 11 is 0. The van der Waals surface area contributed by atoms with Crippen LogP contribution in [0.15, 0.2) is 35.4 Å². The Kier molecular flexibility index (Phi) is 4.66. The van der Waals surface area contributed by atoms with Gasteiger partial charge in [0.2, 0.25) is 0 Å². The molecule has 1 amide bonds. The highest BCUT2D eigenvalue weighted by atomic mass is 16.1. The number of fused-ring (bicyclic) bond motifs is 2. The van der Waals surface area contributed by atoms with Gasteiger partial charge in [-0.3, -0.25) is 9.59 Å². The van der Waals surface area contributed by atoms with Crippen LogP contribution in [-0.2, 0) is 12.8 Å². The number of aromatic amines is 1. The van der Waals surface area contributed by atoms with Crippen LogP contribution in [-0.4, -0.2) is 31.7 Å². The molecule has 0 aliphatic heterocycles. The van der Waals surface area contributed by atoms with Crippen LogP contribution in [0.2, 0.25) is 0 Å². The Hall–Kier alpha value is -2.96. The summed E-state index contributed by atoms with van der Waals surface area (Å²) in [5.41, 5.74) is 4.60. The molecule has 0 bridgehead atoms. The number of imidazole rings is 1. The molecule has 2 heterocycles. The van der Waals surface area contributed by atoms with Gasteiger partial charge in [-0.2, -0.15) is 5.10 Å². The van der Waals surface area contributed by atoms with Crippen LogP contribution in [0.5, 0.6) is 0 Å². The monoisotopic (exact) mass is 391 g/mol. The van der Waals surface area contributed by atoms with Crippen LogP contribution in [0.3, 0.4) is 0 Å². The summed E-state index contributed by atoms with van der Waals surface area (Å²) in [6.45, 7) is 0. The van der Waals surface area contributed by atoms with E-state index in [1.807, 2.05) is 12.1 Å². The molecule has 1 saturated carbocycles. The summed E-state index contributed by atoms with van der Waals surface area (Å²) in [4.78, 5) is 32.4. The van der Waals surface area contributed by atoms with Gasteiger partial charge < -0.3 is 10.3 Å². The number of rotatable bonds is 3. The van der Waals surface area contributed by atoms with Crippen LogP contribution in [0.1, 0.15) is 66.2 Å². The Morgan fingerprint density at radius 3 is 2.79 bits per heavy atom. The average molecular weight is 391 g/mol. The summed E-state index contributed by atoms with van der Waals surface area (Å²) in [7, 11) is 0. The molecule has 150 valence electrons. The van der Waals surface area contributed by atoms with Crippen molar-refractivity contribution in [3.8, 4) is 0 Å². The van der Waals surface area contributed by atoms with Gasteiger partial charge in [0, 0.05) is 17.7 Å². The molecule has 0 saturated heterocycles. The lowest BCUT2D eigenvalue weighted by Gasteiger charge is -2.30. The second kappa shape index (κ2) is 7.46. The maximum Gasteiger partial charge on any atom is 0.267 e. The van der Waals surface area contributed by atoms with Gasteiger partial charge in [0.15, 0.2) is 0 Å². The molecule has 0 unspecified atom stereocenters. The number of nitrogens with zero attached hydrogens (tertiary/aromatic N) is 3. The van der Waals surface area contributed by atoms with Gasteiger partial charge in [0.1, 0.15) is 0 Å². The van der Waals surface area contributed by atoms with Crippen molar-refractivity contribution in [3.63, 3.8) is 0 Å². The SMILES string of the molecule is O=C(NC1CCC(n2nc3c(cc2=O)CCCC3)CC1)c1ccc2nc[nH]c2c1. The van der Waals surface area contributed by atoms with Crippen LogP contribution in [0, 0.1) is 0 Å². The molecule has 1 aromatic carbocycles. The first-order valence-corrected chi connectivity index (χ1v) is 10.5. The number of nitrogens with one attached hydrogen (secondary N) is 2. The molecule has 2 aromatic heterocycles. The molecule has 0 radical (unpaired) electrons. The van der Waals surface area contributed by atoms with Crippen molar-refractivity contribution < 1.29 is 4.79 Å². The normalized spacial score (nSPS) is 21.7. The number of H-pyrrole nitrogens is 1. The number of carbonyl (C=O) groups is 1. The van der Waals surface area contributed by atoms with E-state index in [1.165, 1.54) is 0 Å². The standard InChI is InChI=1S/C22H25N5O2/c28-21-12-14-3-1-2-4-18(14)26-27(21)17-8-6-16(7-9-17)25-22(29)15-5-10-19-20(11-15)24-13-23-19/h5,10-13,16-17H,1-4,6-9H2,(H,23,24)(H,25,29). The van der Waals surface area contributed by atoms with Crippen molar-refractivity contribution in [1.82, 2.24) is 25.1 Å². The Balaban J connectivity index is 1.23. The van der Waals surface area contributed by atoms with Crippen LogP contribution >= 0.6 is 0 Å². The third-order valence-electron chi connectivity index (χ3n) is 6.29. The highest BCUT2D eigenvalue weighted by Crippen LogP contribution is 2.28. The van der Waals surface area contributed by atoms with Crippen molar-refractivity contribution in [2.75, 3.05) is 0 Å². The fraction of sp³-hybridized carbons (Fsp3) is 0.455. The van der Waals surface area contributed by atoms with Gasteiger partial charge in [-0.1, -0.05) is 0 Å². The minimum atomic E-state index is -0.0611. The van der Waals surface area contributed by atoms with E-state index in [2.05, 4.69) is 15.3 Å². The summed E-state index contributed by atoms with van der Waals surface area (Å²) in [5.74, 6) is -0.0611. The lowest BCUT2D eigenvalue weighted by Crippen LogP contribution is -2.40. The Morgan fingerprint density at radius 1 is 1.10 bits per heavy atom. The van der Waals surface area contributed by atoms with Crippen LogP contribution in [0.4, 0.5) is 0 Å². The van der Waals surface area contributed by atoms with Crippen molar-refractivity contribution in [2.24, 2.45) is 0 Å². The number of hydrogen-bond donors (Lipinski definition) is 2. The average Bonchev–Trinajstić information content (AvgIpc) is 3.22. The molecule has 7 heteroatoms. The zero-order valence-corrected chi connectivity index (χ0v) is 16.4. The van der Waals surface area contributed by atoms with E-state index < -0.39 is 0 Å². The molecule has 7 nitrogen and oxygen atoms in total. The molecule has 1 fully saturated rings. The van der Waals surface area contributed by atoms with Gasteiger partial charge in [-0.15, -0.1) is 0 Å². The van der Waals surface area contributed by atoms with Gasteiger partial charge in [0.25, 0.3) is 11.5 Å². The Bertz CT molecular complexity index is 1110. The maximum absolute atomic E-state index is 12.6. The predicted molar refractivity (Wildman–Crippen MR) is 110 cm³/mol. The topological polar surface area (TPSA) is 92.7 Å². The highest BCUT2D eigenvalue weighted by Gasteiger charge is 2.26. The maximum atomic E-state index is 12.6. The van der Waals surface area contributed by atoms with E-state index in [-0.39, 0.29) is 23.6 Å². The van der Waals surface area contributed by atoms with Gasteiger partial charge in [0.05, 0.1) is 29.1 Å². The molecule has 3 aromatic rings. The van der Waals surface area contributed by atoms with E-state index in [1.54, 1.807) is 23.1 Å². The van der Waals surface area contributed by atoms with E-state index in [0.717, 1.165) is 73.7 Å². The molecule has 5 rings (SSSR count). The summed E-state index contributed by atoms with van der Waals surface area (Å²) in [5, 5.41) is 7.85. The summed E-state index contributed by atoms with van der Waals surface area (Å²) < 4.78 is 1.70. The van der Waals surface area contributed by atoms with E-state index >= 15 is 0 Å². The molecule has 0 spiro atoms. The van der Waals surface area contributed by atoms with Crippen LogP contribution < -0.4 is 10.9 Å². The Morgan fingerprint density at radius 2 is 1.93 bits per heavy atom. The fourth-order valence-electron chi connectivity index (χ4n) is 4.65. The molecule has 0 atom stereocenters. The Labute approximate surface area is 168 Å². The third kappa shape index (κ3) is 3.57. The van der Waals surface area contributed by atoms with Gasteiger partial charge >= 0.3 is 0 Å². The number of aromatic nitrogens is 4. The number of hydrogen-bond acceptors (Lipinski definition) is 4. The lowest BCUT2D eigenvalue weighted by atomic mass is 9.90. The smallest absolute Gasteiger partial charge is 0.267 e. The first kappa shape index (κ1) is 18.1. The molecular weight excluding hydrogens is 366 g/mol. The number of amides is 1. The fourth-order valence-corrected chi connectivity index (χ4v) is 4.65. The quantitative estimate of drug-likeness (QED) is 0.718. The van der Waals surface area contributed by atoms with Crippen molar-refractivity contribution in [3.05, 3.63) is 57.8 Å². The molecule has 2 aliphatic rings. The first-order chi connectivity index (χ1) is 14.2. The summed E-state index contributed by atoms with van der Waals surface area (Å²) in [6, 6.07) is 7.54. The van der Waals surface area contributed by atoms with E-state index in [9.17, 15) is 9.59 Å². The van der Waals surface area contributed by atoms with E-state index in [0.29, 0.717) is 5.56 Å². The minimum absolute atomic E-state index is 0.0194. The largest absolute Gasteiger partial charge is 0.349 e. The highest BCUT2D eigenvalue weighted by molar-refractivity contribution is 5.97. The van der Waals surface area contributed by atoms with Gasteiger partial charge in [-0.05, 0) is 75.1 Å². The van der Waals surface area contributed by atoms with Crippen molar-refractivity contribution >= 4 is 16.9 Å². The third-order valence-corrected chi connectivity index (χ3v) is 6.29. The second-order valence-electron chi connectivity index (χ2n) is 8.22. The predicted octanol–water partition coefficient (Wildman–Crippen LogP) is 2.91. The number of carbonyl (C=O) groups excluding carboxylic acids is 1. The number of aryl methyl sites for hydroxylation is 2.